The molecular formula is C5H9FO. The molecule has 0 aliphatic rings. The molecule has 0 aromatic heterocycles. The van der Waals surface area contributed by atoms with Crippen molar-refractivity contribution in [3.63, 3.8) is 0 Å². The van der Waals surface area contributed by atoms with Crippen LogP contribution in [0.4, 0.5) is 4.39 Å². The van der Waals surface area contributed by atoms with E-state index in [0.717, 1.165) is 6.29 Å². The first-order valence-corrected chi connectivity index (χ1v) is 2.31. The van der Waals surface area contributed by atoms with Crippen LogP contribution in [0.3, 0.4) is 0 Å². The molecular weight excluding hydrogens is 95.1 g/mol. The summed E-state index contributed by atoms with van der Waals surface area (Å²) in [4.78, 5) is 9.61. The highest BCUT2D eigenvalue weighted by Gasteiger charge is 1.96. The van der Waals surface area contributed by atoms with Gasteiger partial charge in [-0.2, -0.15) is 0 Å². The lowest BCUT2D eigenvalue weighted by atomic mass is 10.1. The molecule has 0 saturated heterocycles. The summed E-state index contributed by atoms with van der Waals surface area (Å²) >= 11 is 0. The van der Waals surface area contributed by atoms with E-state index in [1.807, 2.05) is 0 Å². The fourth-order valence-electron chi connectivity index (χ4n) is 0.227. The average Bonchev–Trinajstić information content (AvgIpc) is 1.68. The Hall–Kier alpha value is -0.400. The molecule has 1 unspecified atom stereocenters. The monoisotopic (exact) mass is 104 g/mol. The number of halogens is 1. The van der Waals surface area contributed by atoms with Gasteiger partial charge in [-0.05, 0) is 5.92 Å². The zero-order valence-corrected chi connectivity index (χ0v) is 4.36. The first kappa shape index (κ1) is 6.60. The van der Waals surface area contributed by atoms with Crippen LogP contribution in [-0.4, -0.2) is 13.0 Å². The van der Waals surface area contributed by atoms with Crippen molar-refractivity contribution in [1.29, 1.82) is 0 Å². The molecule has 0 radical (unpaired) electrons. The van der Waals surface area contributed by atoms with Gasteiger partial charge >= 0.3 is 0 Å². The lowest BCUT2D eigenvalue weighted by molar-refractivity contribution is -0.108. The Labute approximate surface area is 42.5 Å². The summed E-state index contributed by atoms with van der Waals surface area (Å²) in [5, 5.41) is 0. The van der Waals surface area contributed by atoms with E-state index in [4.69, 9.17) is 0 Å². The van der Waals surface area contributed by atoms with Crippen LogP contribution in [0, 0.1) is 5.92 Å². The Morgan fingerprint density at radius 2 is 2.43 bits per heavy atom. The average molecular weight is 104 g/mol. The van der Waals surface area contributed by atoms with Gasteiger partial charge in [0.1, 0.15) is 6.29 Å². The molecule has 0 aromatic carbocycles. The summed E-state index contributed by atoms with van der Waals surface area (Å²) in [6, 6.07) is 0. The number of aldehydes is 1. The Morgan fingerprint density at radius 1 is 1.86 bits per heavy atom. The summed E-state index contributed by atoms with van der Waals surface area (Å²) in [5.41, 5.74) is 0. The van der Waals surface area contributed by atoms with Gasteiger partial charge in [0.05, 0.1) is 6.67 Å². The van der Waals surface area contributed by atoms with Crippen LogP contribution in [0.15, 0.2) is 0 Å². The first-order valence-electron chi connectivity index (χ1n) is 2.31. The van der Waals surface area contributed by atoms with Gasteiger partial charge in [-0.3, -0.25) is 4.39 Å². The van der Waals surface area contributed by atoms with Crippen molar-refractivity contribution in [2.24, 2.45) is 5.92 Å². The third kappa shape index (κ3) is 3.43. The van der Waals surface area contributed by atoms with Crippen LogP contribution in [0.5, 0.6) is 0 Å². The maximum atomic E-state index is 11.4. The summed E-state index contributed by atoms with van der Waals surface area (Å²) in [6.45, 7) is 1.31. The molecule has 0 fully saturated rings. The van der Waals surface area contributed by atoms with Crippen LogP contribution in [0.25, 0.3) is 0 Å². The summed E-state index contributed by atoms with van der Waals surface area (Å²) in [6.07, 6.45) is 1.08. The third-order valence-electron chi connectivity index (χ3n) is 0.762. The van der Waals surface area contributed by atoms with Crippen molar-refractivity contribution in [3.8, 4) is 0 Å². The predicted octanol–water partition coefficient (Wildman–Crippen LogP) is 1.18. The number of carbonyl (C=O) groups excluding carboxylic acids is 1. The van der Waals surface area contributed by atoms with E-state index in [0.29, 0.717) is 6.42 Å². The van der Waals surface area contributed by atoms with Crippen molar-refractivity contribution < 1.29 is 9.18 Å². The molecule has 0 saturated carbocycles. The highest BCUT2D eigenvalue weighted by Crippen LogP contribution is 1.97. The maximum absolute atomic E-state index is 11.4. The molecule has 7 heavy (non-hydrogen) atoms. The van der Waals surface area contributed by atoms with Crippen LogP contribution in [0.2, 0.25) is 0 Å². The molecule has 42 valence electrons. The molecule has 1 atom stereocenters. The number of carbonyl (C=O) groups is 1. The van der Waals surface area contributed by atoms with Crippen LogP contribution < -0.4 is 0 Å². The lowest BCUT2D eigenvalue weighted by Crippen LogP contribution is -1.95. The van der Waals surface area contributed by atoms with Crippen LogP contribution in [-0.2, 0) is 4.79 Å². The number of hydrogen-bond acceptors (Lipinski definition) is 1. The van der Waals surface area contributed by atoms with Gasteiger partial charge in [0, 0.05) is 6.42 Å². The van der Waals surface area contributed by atoms with Crippen molar-refractivity contribution >= 4 is 6.29 Å². The smallest absolute Gasteiger partial charge is 0.120 e. The van der Waals surface area contributed by atoms with E-state index < -0.39 is 6.67 Å². The zero-order valence-electron chi connectivity index (χ0n) is 4.36. The van der Waals surface area contributed by atoms with Crippen molar-refractivity contribution in [2.45, 2.75) is 13.3 Å². The summed E-state index contributed by atoms with van der Waals surface area (Å²) in [5.74, 6) is -0.0856. The second-order valence-electron chi connectivity index (χ2n) is 1.66. The van der Waals surface area contributed by atoms with E-state index >= 15 is 0 Å². The maximum Gasteiger partial charge on any atom is 0.120 e. The highest BCUT2D eigenvalue weighted by molar-refractivity contribution is 5.49. The molecule has 0 aromatic rings. The second-order valence-corrected chi connectivity index (χ2v) is 1.66. The minimum Gasteiger partial charge on any atom is -0.303 e. The minimum atomic E-state index is -0.390. The molecule has 0 aliphatic heterocycles. The molecule has 0 heterocycles. The minimum absolute atomic E-state index is 0.0856. The fourth-order valence-corrected chi connectivity index (χ4v) is 0.227. The van der Waals surface area contributed by atoms with Gasteiger partial charge in [-0.15, -0.1) is 0 Å². The number of alkyl halides is 1. The van der Waals surface area contributed by atoms with Gasteiger partial charge < -0.3 is 4.79 Å². The third-order valence-corrected chi connectivity index (χ3v) is 0.762. The fraction of sp³-hybridized carbons (Fsp3) is 0.800. The van der Waals surface area contributed by atoms with E-state index in [1.54, 1.807) is 6.92 Å². The van der Waals surface area contributed by atoms with Crippen molar-refractivity contribution in [1.82, 2.24) is 0 Å². The molecule has 0 N–H and O–H groups in total. The Kier molecular flexibility index (Phi) is 3.56. The van der Waals surface area contributed by atoms with Crippen LogP contribution in [0.1, 0.15) is 13.3 Å². The number of hydrogen-bond donors (Lipinski definition) is 0. The summed E-state index contributed by atoms with van der Waals surface area (Å²) in [7, 11) is 0. The summed E-state index contributed by atoms with van der Waals surface area (Å²) < 4.78 is 11.4. The molecule has 0 bridgehead atoms. The SMILES string of the molecule is CC(CF)CC=O. The lowest BCUT2D eigenvalue weighted by Gasteiger charge is -1.95. The largest absolute Gasteiger partial charge is 0.303 e. The van der Waals surface area contributed by atoms with Gasteiger partial charge in [0.15, 0.2) is 0 Å². The van der Waals surface area contributed by atoms with Crippen LogP contribution >= 0.6 is 0 Å². The molecule has 0 rings (SSSR count). The van der Waals surface area contributed by atoms with E-state index in [9.17, 15) is 9.18 Å². The predicted molar refractivity (Wildman–Crippen MR) is 25.8 cm³/mol. The van der Waals surface area contributed by atoms with E-state index in [2.05, 4.69) is 0 Å². The van der Waals surface area contributed by atoms with Crippen molar-refractivity contribution in [3.05, 3.63) is 0 Å². The van der Waals surface area contributed by atoms with Gasteiger partial charge in [-0.25, -0.2) is 0 Å². The number of rotatable bonds is 3. The highest BCUT2D eigenvalue weighted by atomic mass is 19.1. The topological polar surface area (TPSA) is 17.1 Å². The van der Waals surface area contributed by atoms with Crippen molar-refractivity contribution in [2.75, 3.05) is 6.67 Å². The standard InChI is InChI=1S/C5H9FO/c1-5(4-6)2-3-7/h3,5H,2,4H2,1H3. The normalized spacial score (nSPS) is 13.4. The van der Waals surface area contributed by atoms with Gasteiger partial charge in [-0.1, -0.05) is 6.92 Å². The molecule has 0 aliphatic carbocycles. The molecule has 0 amide bonds. The second kappa shape index (κ2) is 3.78. The Bertz CT molecular complexity index is 54.0. The van der Waals surface area contributed by atoms with Gasteiger partial charge in [0.2, 0.25) is 0 Å². The van der Waals surface area contributed by atoms with E-state index in [-0.39, 0.29) is 5.92 Å². The Morgan fingerprint density at radius 3 is 2.57 bits per heavy atom. The molecule has 1 nitrogen and oxygen atoms in total. The molecule has 2 heteroatoms. The zero-order chi connectivity index (χ0) is 5.70. The quantitative estimate of drug-likeness (QED) is 0.491. The molecule has 0 spiro atoms. The Balaban J connectivity index is 2.98. The first-order chi connectivity index (χ1) is 3.31. The van der Waals surface area contributed by atoms with E-state index in [1.165, 1.54) is 0 Å². The van der Waals surface area contributed by atoms with Gasteiger partial charge in [0.25, 0.3) is 0 Å².